The monoisotopic (exact) mass is 519 g/mol. The van der Waals surface area contributed by atoms with Crippen molar-refractivity contribution in [1.82, 2.24) is 20.2 Å². The average Bonchev–Trinajstić information content (AvgIpc) is 3.44. The Labute approximate surface area is 218 Å². The summed E-state index contributed by atoms with van der Waals surface area (Å²) in [4.78, 5) is 36.5. The highest BCUT2D eigenvalue weighted by molar-refractivity contribution is 6.03. The lowest BCUT2D eigenvalue weighted by Gasteiger charge is -2.33. The first-order chi connectivity index (χ1) is 18.3. The van der Waals surface area contributed by atoms with Gasteiger partial charge in [-0.2, -0.15) is 0 Å². The van der Waals surface area contributed by atoms with Gasteiger partial charge >= 0.3 is 0 Å². The van der Waals surface area contributed by atoms with Gasteiger partial charge in [0.1, 0.15) is 23.0 Å². The lowest BCUT2D eigenvalue weighted by molar-refractivity contribution is -0.135. The molecular weight excluding hydrogens is 492 g/mol. The van der Waals surface area contributed by atoms with Crippen LogP contribution in [0.25, 0.3) is 11.4 Å². The van der Waals surface area contributed by atoms with Crippen LogP contribution in [0, 0.1) is 11.6 Å². The second kappa shape index (κ2) is 9.43. The Kier molecular flexibility index (Phi) is 6.06. The maximum atomic E-state index is 14.5. The number of nitrogens with zero attached hydrogens (tertiary/aromatic N) is 3. The van der Waals surface area contributed by atoms with Crippen LogP contribution in [0.1, 0.15) is 47.8 Å². The summed E-state index contributed by atoms with van der Waals surface area (Å²) in [6, 6.07) is 11.2. The highest BCUT2D eigenvalue weighted by atomic mass is 19.1. The fraction of sp³-hybridized carbons (Fsp3) is 0.357. The van der Waals surface area contributed by atoms with Gasteiger partial charge in [0.2, 0.25) is 5.91 Å². The number of ether oxygens (including phenoxy) is 1. The highest BCUT2D eigenvalue weighted by Crippen LogP contribution is 2.38. The van der Waals surface area contributed by atoms with Crippen LogP contribution in [-0.4, -0.2) is 52.5 Å². The zero-order chi connectivity index (χ0) is 26.4. The number of aromatic nitrogens is 2. The van der Waals surface area contributed by atoms with Gasteiger partial charge in [-0.1, -0.05) is 18.2 Å². The number of anilines is 2. The molecule has 196 valence electrons. The number of hydrogen-bond acceptors (Lipinski definition) is 6. The Morgan fingerprint density at radius 2 is 1.74 bits per heavy atom. The van der Waals surface area contributed by atoms with Crippen molar-refractivity contribution in [3.63, 3.8) is 0 Å². The third-order valence-electron chi connectivity index (χ3n) is 7.82. The van der Waals surface area contributed by atoms with E-state index in [-0.39, 0.29) is 47.2 Å². The fourth-order valence-electron chi connectivity index (χ4n) is 5.58. The lowest BCUT2D eigenvalue weighted by Crippen LogP contribution is -2.44. The van der Waals surface area contributed by atoms with Gasteiger partial charge < -0.3 is 20.3 Å². The van der Waals surface area contributed by atoms with Crippen molar-refractivity contribution in [2.45, 2.75) is 44.2 Å². The topological polar surface area (TPSA) is 96.4 Å². The van der Waals surface area contributed by atoms with Crippen molar-refractivity contribution in [3.05, 3.63) is 70.9 Å². The SMILES string of the molecule is C[C@]1(c2ccc(Nc3nc(-c4c(F)cccc4F)nc4c3C(=O)NC4)cc2)CCN(C2CCOCC2)C1=O. The average molecular weight is 520 g/mol. The molecule has 2 aromatic carbocycles. The standard InChI is InChI=1S/C28H27F2N5O3/c1-28(11-12-35(27(28)37)18-9-13-38-14-10-18)16-5-7-17(8-6-16)32-25-23-21(15-31-26(23)36)33-24(34-25)22-19(29)3-2-4-20(22)30/h2-8,18H,9-15H2,1H3,(H,31,36)(H,32,33,34)/t28-/m1/s1. The summed E-state index contributed by atoms with van der Waals surface area (Å²) in [6.45, 7) is 4.20. The summed E-state index contributed by atoms with van der Waals surface area (Å²) in [6.07, 6.45) is 2.45. The van der Waals surface area contributed by atoms with Gasteiger partial charge in [-0.25, -0.2) is 18.7 Å². The van der Waals surface area contributed by atoms with Crippen LogP contribution in [-0.2, 0) is 21.5 Å². The second-order valence-electron chi connectivity index (χ2n) is 10.1. The van der Waals surface area contributed by atoms with Gasteiger partial charge in [0.05, 0.1) is 23.2 Å². The van der Waals surface area contributed by atoms with Crippen LogP contribution in [0.15, 0.2) is 42.5 Å². The lowest BCUT2D eigenvalue weighted by atomic mass is 9.81. The van der Waals surface area contributed by atoms with Gasteiger partial charge in [-0.3, -0.25) is 9.59 Å². The van der Waals surface area contributed by atoms with Crippen LogP contribution in [0.3, 0.4) is 0 Å². The molecule has 4 heterocycles. The van der Waals surface area contributed by atoms with Gasteiger partial charge in [0, 0.05) is 31.5 Å². The molecule has 3 aliphatic heterocycles. The first kappa shape index (κ1) is 24.4. The van der Waals surface area contributed by atoms with Crippen molar-refractivity contribution in [2.24, 2.45) is 0 Å². The predicted molar refractivity (Wildman–Crippen MR) is 136 cm³/mol. The molecule has 3 aromatic rings. The van der Waals surface area contributed by atoms with E-state index < -0.39 is 17.0 Å². The van der Waals surface area contributed by atoms with Crippen LogP contribution >= 0.6 is 0 Å². The molecule has 8 nitrogen and oxygen atoms in total. The molecule has 2 amide bonds. The molecule has 2 N–H and O–H groups in total. The predicted octanol–water partition coefficient (Wildman–Crippen LogP) is 4.08. The smallest absolute Gasteiger partial charge is 0.257 e. The van der Waals surface area contributed by atoms with Crippen LogP contribution in [0.5, 0.6) is 0 Å². The maximum Gasteiger partial charge on any atom is 0.257 e. The molecular formula is C28H27F2N5O3. The van der Waals surface area contributed by atoms with E-state index in [2.05, 4.69) is 20.6 Å². The molecule has 0 radical (unpaired) electrons. The van der Waals surface area contributed by atoms with Crippen LogP contribution in [0.4, 0.5) is 20.3 Å². The number of benzene rings is 2. The van der Waals surface area contributed by atoms with E-state index in [0.29, 0.717) is 24.6 Å². The van der Waals surface area contributed by atoms with Crippen molar-refractivity contribution in [1.29, 1.82) is 0 Å². The second-order valence-corrected chi connectivity index (χ2v) is 10.1. The number of likely N-dealkylation sites (tertiary alicyclic amines) is 1. The summed E-state index contributed by atoms with van der Waals surface area (Å²) in [7, 11) is 0. The van der Waals surface area contributed by atoms with E-state index in [4.69, 9.17) is 4.74 Å². The van der Waals surface area contributed by atoms with E-state index >= 15 is 0 Å². The summed E-state index contributed by atoms with van der Waals surface area (Å²) in [5, 5.41) is 5.81. The van der Waals surface area contributed by atoms with Crippen molar-refractivity contribution >= 4 is 23.3 Å². The minimum Gasteiger partial charge on any atom is -0.381 e. The van der Waals surface area contributed by atoms with Crippen molar-refractivity contribution in [2.75, 3.05) is 25.1 Å². The molecule has 38 heavy (non-hydrogen) atoms. The molecule has 0 aliphatic carbocycles. The summed E-state index contributed by atoms with van der Waals surface area (Å²) in [5.41, 5.74) is 1.14. The van der Waals surface area contributed by atoms with Gasteiger partial charge in [0.25, 0.3) is 5.91 Å². The highest BCUT2D eigenvalue weighted by Gasteiger charge is 2.46. The van der Waals surface area contributed by atoms with Gasteiger partial charge in [0.15, 0.2) is 5.82 Å². The Morgan fingerprint density at radius 1 is 1.03 bits per heavy atom. The number of carbonyl (C=O) groups is 2. The zero-order valence-electron chi connectivity index (χ0n) is 20.9. The molecule has 2 saturated heterocycles. The third kappa shape index (κ3) is 4.09. The molecule has 0 bridgehead atoms. The Hall–Kier alpha value is -3.92. The minimum absolute atomic E-state index is 0.131. The Morgan fingerprint density at radius 3 is 2.45 bits per heavy atom. The fourth-order valence-corrected chi connectivity index (χ4v) is 5.58. The maximum absolute atomic E-state index is 14.5. The van der Waals surface area contributed by atoms with E-state index in [1.165, 1.54) is 6.07 Å². The number of rotatable bonds is 5. The van der Waals surface area contributed by atoms with Gasteiger partial charge in [-0.05, 0) is 56.0 Å². The summed E-state index contributed by atoms with van der Waals surface area (Å²) in [5.74, 6) is -1.80. The number of nitrogens with one attached hydrogen (secondary N) is 2. The van der Waals surface area contributed by atoms with E-state index in [1.807, 2.05) is 36.1 Å². The number of carbonyl (C=O) groups excluding carboxylic acids is 2. The molecule has 10 heteroatoms. The number of fused-ring (bicyclic) bond motifs is 1. The molecule has 6 rings (SSSR count). The molecule has 0 spiro atoms. The third-order valence-corrected chi connectivity index (χ3v) is 7.82. The number of halogens is 2. The van der Waals surface area contributed by atoms with Crippen LogP contribution < -0.4 is 10.6 Å². The molecule has 1 aromatic heterocycles. The van der Waals surface area contributed by atoms with E-state index in [9.17, 15) is 18.4 Å². The molecule has 0 unspecified atom stereocenters. The first-order valence-corrected chi connectivity index (χ1v) is 12.7. The van der Waals surface area contributed by atoms with Crippen molar-refractivity contribution < 1.29 is 23.1 Å². The zero-order valence-corrected chi connectivity index (χ0v) is 20.9. The number of hydrogen-bond donors (Lipinski definition) is 2. The van der Waals surface area contributed by atoms with Crippen LogP contribution in [0.2, 0.25) is 0 Å². The molecule has 2 fully saturated rings. The Bertz CT molecular complexity index is 1400. The van der Waals surface area contributed by atoms with Gasteiger partial charge in [-0.15, -0.1) is 0 Å². The first-order valence-electron chi connectivity index (χ1n) is 12.7. The molecule has 0 saturated carbocycles. The quantitative estimate of drug-likeness (QED) is 0.528. The van der Waals surface area contributed by atoms with Crippen molar-refractivity contribution in [3.8, 4) is 11.4 Å². The van der Waals surface area contributed by atoms with E-state index in [1.54, 1.807) is 0 Å². The number of amides is 2. The van der Waals surface area contributed by atoms with E-state index in [0.717, 1.165) is 43.5 Å². The molecule has 1 atom stereocenters. The summed E-state index contributed by atoms with van der Waals surface area (Å²) >= 11 is 0. The minimum atomic E-state index is -0.790. The molecule has 3 aliphatic rings. The normalized spacial score (nSPS) is 21.5. The Balaban J connectivity index is 1.28. The summed E-state index contributed by atoms with van der Waals surface area (Å²) < 4.78 is 34.4. The largest absolute Gasteiger partial charge is 0.381 e.